The number of nitrogens with zero attached hydrogens (tertiary/aromatic N) is 2. The van der Waals surface area contributed by atoms with Gasteiger partial charge in [0, 0.05) is 17.8 Å². The molecule has 1 fully saturated rings. The molecule has 2 heterocycles. The minimum Gasteiger partial charge on any atom is -0.317 e. The van der Waals surface area contributed by atoms with Gasteiger partial charge in [0.15, 0.2) is 0 Å². The number of hydrogen-bond donors (Lipinski definition) is 1. The van der Waals surface area contributed by atoms with Crippen molar-refractivity contribution in [2.45, 2.75) is 26.3 Å². The maximum Gasteiger partial charge on any atom is 0.230 e. The van der Waals surface area contributed by atoms with Gasteiger partial charge in [-0.15, -0.1) is 0 Å². The van der Waals surface area contributed by atoms with Gasteiger partial charge in [0.1, 0.15) is 0 Å². The number of pyridine rings is 1. The van der Waals surface area contributed by atoms with Crippen LogP contribution in [0.25, 0.3) is 0 Å². The van der Waals surface area contributed by atoms with Crippen LogP contribution in [0.15, 0.2) is 48.7 Å². The summed E-state index contributed by atoms with van der Waals surface area (Å²) < 4.78 is 0. The third kappa shape index (κ3) is 3.96. The Morgan fingerprint density at radius 1 is 1.17 bits per heavy atom. The standard InChI is InChI=1S/C19H23N3O/c1-15-7-8-17(21-13-15)14-22(18-5-3-2-4-6-18)19(23)16-9-11-20-12-10-16/h2-8,13,16,20H,9-12,14H2,1H3. The van der Waals surface area contributed by atoms with Gasteiger partial charge in [0.05, 0.1) is 12.2 Å². The normalized spacial score (nSPS) is 15.3. The summed E-state index contributed by atoms with van der Waals surface area (Å²) in [5.41, 5.74) is 2.99. The van der Waals surface area contributed by atoms with Crippen molar-refractivity contribution in [3.8, 4) is 0 Å². The molecule has 1 aromatic carbocycles. The molecule has 0 radical (unpaired) electrons. The Morgan fingerprint density at radius 3 is 2.57 bits per heavy atom. The van der Waals surface area contributed by atoms with E-state index in [1.165, 1.54) is 0 Å². The monoisotopic (exact) mass is 309 g/mol. The van der Waals surface area contributed by atoms with Crippen molar-refractivity contribution >= 4 is 11.6 Å². The van der Waals surface area contributed by atoms with Crippen LogP contribution in [-0.4, -0.2) is 24.0 Å². The molecular formula is C19H23N3O. The summed E-state index contributed by atoms with van der Waals surface area (Å²) in [6, 6.07) is 13.9. The lowest BCUT2D eigenvalue weighted by Gasteiger charge is -2.29. The molecule has 1 aliphatic rings. The third-order valence-electron chi connectivity index (χ3n) is 4.32. The first-order chi connectivity index (χ1) is 11.2. The number of rotatable bonds is 4. The van der Waals surface area contributed by atoms with Gasteiger partial charge in [-0.05, 0) is 56.6 Å². The van der Waals surface area contributed by atoms with Crippen molar-refractivity contribution in [2.24, 2.45) is 5.92 Å². The summed E-state index contributed by atoms with van der Waals surface area (Å²) in [5.74, 6) is 0.307. The fourth-order valence-corrected chi connectivity index (χ4v) is 2.95. The molecule has 120 valence electrons. The molecule has 0 spiro atoms. The van der Waals surface area contributed by atoms with Crippen LogP contribution in [0.5, 0.6) is 0 Å². The maximum atomic E-state index is 13.0. The number of aryl methyl sites for hydroxylation is 1. The van der Waals surface area contributed by atoms with E-state index in [-0.39, 0.29) is 11.8 Å². The average Bonchev–Trinajstić information content (AvgIpc) is 2.62. The highest BCUT2D eigenvalue weighted by Crippen LogP contribution is 2.23. The number of nitrogens with one attached hydrogen (secondary N) is 1. The number of piperidine rings is 1. The van der Waals surface area contributed by atoms with Gasteiger partial charge in [-0.2, -0.15) is 0 Å². The molecule has 1 saturated heterocycles. The van der Waals surface area contributed by atoms with E-state index in [2.05, 4.69) is 10.3 Å². The van der Waals surface area contributed by atoms with Crippen LogP contribution >= 0.6 is 0 Å². The summed E-state index contributed by atoms with van der Waals surface area (Å²) in [4.78, 5) is 19.4. The molecule has 0 aliphatic carbocycles. The number of hydrogen-bond acceptors (Lipinski definition) is 3. The number of anilines is 1. The van der Waals surface area contributed by atoms with Crippen LogP contribution in [0, 0.1) is 12.8 Å². The maximum absolute atomic E-state index is 13.0. The quantitative estimate of drug-likeness (QED) is 0.944. The van der Waals surface area contributed by atoms with E-state index in [1.807, 2.05) is 60.5 Å². The molecule has 4 nitrogen and oxygen atoms in total. The summed E-state index contributed by atoms with van der Waals surface area (Å²) in [7, 11) is 0. The number of carbonyl (C=O) groups is 1. The number of para-hydroxylation sites is 1. The highest BCUT2D eigenvalue weighted by molar-refractivity contribution is 5.95. The van der Waals surface area contributed by atoms with Gasteiger partial charge in [-0.25, -0.2) is 0 Å². The predicted octanol–water partition coefficient (Wildman–Crippen LogP) is 2.92. The first-order valence-electron chi connectivity index (χ1n) is 8.23. The summed E-state index contributed by atoms with van der Waals surface area (Å²) in [6.45, 7) is 4.38. The van der Waals surface area contributed by atoms with Crippen LogP contribution in [-0.2, 0) is 11.3 Å². The molecule has 0 saturated carbocycles. The van der Waals surface area contributed by atoms with Gasteiger partial charge in [-0.1, -0.05) is 24.3 Å². The first kappa shape index (κ1) is 15.7. The Bertz CT molecular complexity index is 633. The predicted molar refractivity (Wildman–Crippen MR) is 92.2 cm³/mol. The van der Waals surface area contributed by atoms with E-state index >= 15 is 0 Å². The van der Waals surface area contributed by atoms with Crippen molar-refractivity contribution in [2.75, 3.05) is 18.0 Å². The lowest BCUT2D eigenvalue weighted by Crippen LogP contribution is -2.41. The fraction of sp³-hybridized carbons (Fsp3) is 0.368. The molecule has 0 unspecified atom stereocenters. The molecule has 1 aliphatic heterocycles. The number of amides is 1. The number of carbonyl (C=O) groups excluding carboxylic acids is 1. The van der Waals surface area contributed by atoms with Gasteiger partial charge < -0.3 is 10.2 Å². The van der Waals surface area contributed by atoms with Crippen LogP contribution in [0.4, 0.5) is 5.69 Å². The Kier molecular flexibility index (Phi) is 5.03. The minimum absolute atomic E-state index is 0.0990. The summed E-state index contributed by atoms with van der Waals surface area (Å²) in [6.07, 6.45) is 3.67. The molecule has 3 rings (SSSR count). The van der Waals surface area contributed by atoms with Crippen molar-refractivity contribution in [1.82, 2.24) is 10.3 Å². The SMILES string of the molecule is Cc1ccc(CN(C(=O)C2CCNCC2)c2ccccc2)nc1. The lowest BCUT2D eigenvalue weighted by molar-refractivity contribution is -0.123. The van der Waals surface area contributed by atoms with Gasteiger partial charge in [-0.3, -0.25) is 9.78 Å². The van der Waals surface area contributed by atoms with Crippen molar-refractivity contribution in [1.29, 1.82) is 0 Å². The highest BCUT2D eigenvalue weighted by Gasteiger charge is 2.27. The second-order valence-electron chi connectivity index (χ2n) is 6.11. The van der Waals surface area contributed by atoms with E-state index in [0.29, 0.717) is 6.54 Å². The molecule has 4 heteroatoms. The third-order valence-corrected chi connectivity index (χ3v) is 4.32. The zero-order chi connectivity index (χ0) is 16.1. The van der Waals surface area contributed by atoms with Crippen LogP contribution in [0.1, 0.15) is 24.1 Å². The highest BCUT2D eigenvalue weighted by atomic mass is 16.2. The van der Waals surface area contributed by atoms with Crippen molar-refractivity contribution in [3.63, 3.8) is 0 Å². The Balaban J connectivity index is 1.84. The van der Waals surface area contributed by atoms with Gasteiger partial charge in [0.25, 0.3) is 0 Å². The molecule has 1 N–H and O–H groups in total. The Labute approximate surface area is 137 Å². The fourth-order valence-electron chi connectivity index (χ4n) is 2.95. The summed E-state index contributed by atoms with van der Waals surface area (Å²) in [5, 5.41) is 3.32. The Morgan fingerprint density at radius 2 is 1.91 bits per heavy atom. The second-order valence-corrected chi connectivity index (χ2v) is 6.11. The zero-order valence-electron chi connectivity index (χ0n) is 13.5. The lowest BCUT2D eigenvalue weighted by atomic mass is 9.96. The van der Waals surface area contributed by atoms with E-state index in [9.17, 15) is 4.79 Å². The van der Waals surface area contributed by atoms with E-state index in [0.717, 1.165) is 42.9 Å². The molecular weight excluding hydrogens is 286 g/mol. The van der Waals surface area contributed by atoms with Crippen LogP contribution < -0.4 is 10.2 Å². The van der Waals surface area contributed by atoms with Crippen molar-refractivity contribution < 1.29 is 4.79 Å². The van der Waals surface area contributed by atoms with Crippen molar-refractivity contribution in [3.05, 3.63) is 59.9 Å². The van der Waals surface area contributed by atoms with Gasteiger partial charge >= 0.3 is 0 Å². The molecule has 23 heavy (non-hydrogen) atoms. The topological polar surface area (TPSA) is 45.2 Å². The average molecular weight is 309 g/mol. The molecule has 1 amide bonds. The molecule has 1 aromatic heterocycles. The largest absolute Gasteiger partial charge is 0.317 e. The van der Waals surface area contributed by atoms with E-state index in [1.54, 1.807) is 0 Å². The minimum atomic E-state index is 0.0990. The van der Waals surface area contributed by atoms with Crippen LogP contribution in [0.3, 0.4) is 0 Å². The van der Waals surface area contributed by atoms with E-state index < -0.39 is 0 Å². The first-order valence-corrected chi connectivity index (χ1v) is 8.23. The smallest absolute Gasteiger partial charge is 0.230 e. The second kappa shape index (κ2) is 7.38. The van der Waals surface area contributed by atoms with E-state index in [4.69, 9.17) is 0 Å². The zero-order valence-corrected chi connectivity index (χ0v) is 13.5. The molecule has 0 bridgehead atoms. The Hall–Kier alpha value is -2.20. The van der Waals surface area contributed by atoms with Crippen LogP contribution in [0.2, 0.25) is 0 Å². The van der Waals surface area contributed by atoms with Gasteiger partial charge in [0.2, 0.25) is 5.91 Å². The number of aromatic nitrogens is 1. The molecule has 2 aromatic rings. The molecule has 0 atom stereocenters. The number of benzene rings is 1. The summed E-state index contributed by atoms with van der Waals surface area (Å²) >= 11 is 0.